The van der Waals surface area contributed by atoms with Gasteiger partial charge in [0.15, 0.2) is 0 Å². The Hall–Kier alpha value is -1.68. The Bertz CT molecular complexity index is 685. The van der Waals surface area contributed by atoms with Crippen molar-refractivity contribution < 1.29 is 14.3 Å². The molecule has 3 nitrogen and oxygen atoms in total. The van der Waals surface area contributed by atoms with Gasteiger partial charge in [-0.05, 0) is 30.5 Å². The van der Waals surface area contributed by atoms with Crippen LogP contribution in [0, 0.1) is 5.82 Å². The first-order chi connectivity index (χ1) is 9.51. The molecule has 0 saturated carbocycles. The van der Waals surface area contributed by atoms with Gasteiger partial charge in [-0.15, -0.1) is 0 Å². The molecule has 0 radical (unpaired) electrons. The molecule has 1 heterocycles. The number of rotatable bonds is 4. The fourth-order valence-electron chi connectivity index (χ4n) is 2.45. The molecule has 0 unspecified atom stereocenters. The lowest BCUT2D eigenvalue weighted by Gasteiger charge is -2.14. The molecule has 0 bridgehead atoms. The van der Waals surface area contributed by atoms with Crippen LogP contribution in [-0.4, -0.2) is 16.1 Å². The Morgan fingerprint density at radius 1 is 1.40 bits per heavy atom. The van der Waals surface area contributed by atoms with E-state index in [1.165, 1.54) is 12.1 Å². The minimum atomic E-state index is -1.10. The molecule has 1 N–H and O–H groups in total. The average Bonchev–Trinajstić information content (AvgIpc) is 2.42. The lowest BCUT2D eigenvalue weighted by atomic mass is 9.96. The molecule has 0 fully saturated rings. The molecule has 1 aromatic carbocycles. The zero-order chi connectivity index (χ0) is 14.9. The second-order valence-corrected chi connectivity index (χ2v) is 4.98. The topological polar surface area (TPSA) is 50.2 Å². The SMILES string of the molecule is CCCc1nc2c(F)ccc(Cl)c2c(C(=O)O)c1CC. The summed E-state index contributed by atoms with van der Waals surface area (Å²) in [6, 6.07) is 2.58. The van der Waals surface area contributed by atoms with E-state index >= 15 is 0 Å². The predicted octanol–water partition coefficient (Wildman–Crippen LogP) is 4.24. The third-order valence-electron chi connectivity index (χ3n) is 3.28. The van der Waals surface area contributed by atoms with E-state index in [2.05, 4.69) is 4.98 Å². The molecule has 0 aliphatic rings. The van der Waals surface area contributed by atoms with Crippen LogP contribution >= 0.6 is 11.6 Å². The second kappa shape index (κ2) is 5.75. The van der Waals surface area contributed by atoms with Gasteiger partial charge in [0, 0.05) is 11.1 Å². The van der Waals surface area contributed by atoms with Crippen molar-refractivity contribution >= 4 is 28.5 Å². The van der Waals surface area contributed by atoms with E-state index in [0.29, 0.717) is 24.1 Å². The predicted molar refractivity (Wildman–Crippen MR) is 77.0 cm³/mol. The van der Waals surface area contributed by atoms with E-state index in [9.17, 15) is 14.3 Å². The molecule has 2 aromatic rings. The van der Waals surface area contributed by atoms with Gasteiger partial charge in [-0.3, -0.25) is 0 Å². The van der Waals surface area contributed by atoms with Crippen molar-refractivity contribution in [3.8, 4) is 0 Å². The van der Waals surface area contributed by atoms with Crippen LogP contribution in [0.4, 0.5) is 4.39 Å². The van der Waals surface area contributed by atoms with Crippen LogP contribution in [0.15, 0.2) is 12.1 Å². The Morgan fingerprint density at radius 2 is 2.10 bits per heavy atom. The summed E-state index contributed by atoms with van der Waals surface area (Å²) in [4.78, 5) is 15.9. The monoisotopic (exact) mass is 295 g/mol. The molecule has 2 rings (SSSR count). The molecule has 0 saturated heterocycles. The summed E-state index contributed by atoms with van der Waals surface area (Å²) in [5, 5.41) is 9.90. The number of hydrogen-bond acceptors (Lipinski definition) is 2. The number of carboxylic acids is 1. The third kappa shape index (κ3) is 2.36. The molecule has 0 aliphatic carbocycles. The second-order valence-electron chi connectivity index (χ2n) is 4.57. The number of carbonyl (C=O) groups is 1. The zero-order valence-corrected chi connectivity index (χ0v) is 12.1. The molecule has 0 spiro atoms. The van der Waals surface area contributed by atoms with Crippen molar-refractivity contribution in [2.45, 2.75) is 33.1 Å². The van der Waals surface area contributed by atoms with E-state index in [1.807, 2.05) is 13.8 Å². The Kier molecular flexibility index (Phi) is 4.23. The number of pyridine rings is 1. The summed E-state index contributed by atoms with van der Waals surface area (Å²) >= 11 is 6.07. The Balaban J connectivity index is 2.98. The molecule has 0 atom stereocenters. The van der Waals surface area contributed by atoms with Gasteiger partial charge in [0.25, 0.3) is 0 Å². The van der Waals surface area contributed by atoms with Gasteiger partial charge in [-0.2, -0.15) is 0 Å². The summed E-state index contributed by atoms with van der Waals surface area (Å²) in [6.45, 7) is 3.84. The normalized spacial score (nSPS) is 11.0. The van der Waals surface area contributed by atoms with Crippen LogP contribution in [0.1, 0.15) is 41.9 Å². The number of aromatic nitrogens is 1. The molecule has 5 heteroatoms. The van der Waals surface area contributed by atoms with E-state index in [0.717, 1.165) is 6.42 Å². The summed E-state index contributed by atoms with van der Waals surface area (Å²) in [6.07, 6.45) is 1.95. The highest BCUT2D eigenvalue weighted by atomic mass is 35.5. The van der Waals surface area contributed by atoms with Gasteiger partial charge in [0.05, 0.1) is 10.6 Å². The molecular formula is C15H15ClFNO2. The standard InChI is InChI=1S/C15H15ClFNO2/c1-3-5-11-8(4-2)12(15(19)20)13-9(16)6-7-10(17)14(13)18-11/h6-7H,3-5H2,1-2H3,(H,19,20). The highest BCUT2D eigenvalue weighted by Gasteiger charge is 2.22. The average molecular weight is 296 g/mol. The number of carboxylic acid groups (broad SMARTS) is 1. The Labute approximate surface area is 121 Å². The van der Waals surface area contributed by atoms with Crippen LogP contribution in [-0.2, 0) is 12.8 Å². The van der Waals surface area contributed by atoms with Crippen molar-refractivity contribution in [2.24, 2.45) is 0 Å². The van der Waals surface area contributed by atoms with Crippen LogP contribution in [0.25, 0.3) is 10.9 Å². The van der Waals surface area contributed by atoms with Gasteiger partial charge in [0.1, 0.15) is 11.3 Å². The van der Waals surface area contributed by atoms with E-state index in [4.69, 9.17) is 11.6 Å². The maximum absolute atomic E-state index is 14.0. The number of benzene rings is 1. The van der Waals surface area contributed by atoms with Gasteiger partial charge in [-0.25, -0.2) is 14.2 Å². The largest absolute Gasteiger partial charge is 0.478 e. The first-order valence-electron chi connectivity index (χ1n) is 6.53. The van der Waals surface area contributed by atoms with Crippen molar-refractivity contribution in [1.82, 2.24) is 4.98 Å². The van der Waals surface area contributed by atoms with Gasteiger partial charge < -0.3 is 5.11 Å². The zero-order valence-electron chi connectivity index (χ0n) is 11.3. The Morgan fingerprint density at radius 3 is 2.65 bits per heavy atom. The minimum Gasteiger partial charge on any atom is -0.478 e. The molecular weight excluding hydrogens is 281 g/mol. The van der Waals surface area contributed by atoms with Crippen LogP contribution in [0.5, 0.6) is 0 Å². The highest BCUT2D eigenvalue weighted by molar-refractivity contribution is 6.36. The summed E-state index contributed by atoms with van der Waals surface area (Å²) in [5.74, 6) is -1.65. The first kappa shape index (κ1) is 14.7. The van der Waals surface area contributed by atoms with Crippen molar-refractivity contribution in [1.29, 1.82) is 0 Å². The lowest BCUT2D eigenvalue weighted by molar-refractivity contribution is 0.0697. The molecule has 0 amide bonds. The molecule has 20 heavy (non-hydrogen) atoms. The summed E-state index contributed by atoms with van der Waals surface area (Å²) in [7, 11) is 0. The highest BCUT2D eigenvalue weighted by Crippen LogP contribution is 2.32. The van der Waals surface area contributed by atoms with E-state index in [-0.39, 0.29) is 21.5 Å². The smallest absolute Gasteiger partial charge is 0.336 e. The van der Waals surface area contributed by atoms with Gasteiger partial charge in [-0.1, -0.05) is 31.9 Å². The lowest BCUT2D eigenvalue weighted by Crippen LogP contribution is -2.10. The van der Waals surface area contributed by atoms with Crippen LogP contribution in [0.2, 0.25) is 5.02 Å². The van der Waals surface area contributed by atoms with E-state index in [1.54, 1.807) is 0 Å². The van der Waals surface area contributed by atoms with E-state index < -0.39 is 11.8 Å². The van der Waals surface area contributed by atoms with Crippen LogP contribution in [0.3, 0.4) is 0 Å². The molecule has 0 aliphatic heterocycles. The van der Waals surface area contributed by atoms with Crippen molar-refractivity contribution in [3.05, 3.63) is 39.8 Å². The molecule has 1 aromatic heterocycles. The minimum absolute atomic E-state index is 0.0375. The molecule has 106 valence electrons. The number of nitrogens with zero attached hydrogens (tertiary/aromatic N) is 1. The summed E-state index contributed by atoms with van der Waals surface area (Å²) < 4.78 is 14.0. The fourth-order valence-corrected chi connectivity index (χ4v) is 2.69. The summed E-state index contributed by atoms with van der Waals surface area (Å²) in [5.41, 5.74) is 1.39. The van der Waals surface area contributed by atoms with Crippen LogP contribution < -0.4 is 0 Å². The fraction of sp³-hybridized carbons (Fsp3) is 0.333. The van der Waals surface area contributed by atoms with Gasteiger partial charge >= 0.3 is 5.97 Å². The first-order valence-corrected chi connectivity index (χ1v) is 6.91. The number of aryl methyl sites for hydroxylation is 1. The number of fused-ring (bicyclic) bond motifs is 1. The number of aromatic carboxylic acids is 1. The maximum Gasteiger partial charge on any atom is 0.336 e. The van der Waals surface area contributed by atoms with Crippen molar-refractivity contribution in [2.75, 3.05) is 0 Å². The number of halogens is 2. The van der Waals surface area contributed by atoms with Gasteiger partial charge in [0.2, 0.25) is 0 Å². The van der Waals surface area contributed by atoms with Crippen molar-refractivity contribution in [3.63, 3.8) is 0 Å². The quantitative estimate of drug-likeness (QED) is 0.918. The third-order valence-corrected chi connectivity index (χ3v) is 3.59. The maximum atomic E-state index is 14.0. The number of hydrogen-bond donors (Lipinski definition) is 1.